The maximum atomic E-state index is 12.2. The van der Waals surface area contributed by atoms with Crippen LogP contribution in [0.2, 0.25) is 0 Å². The molecule has 0 spiro atoms. The summed E-state index contributed by atoms with van der Waals surface area (Å²) in [5.74, 6) is -0.115. The van der Waals surface area contributed by atoms with Crippen molar-refractivity contribution >= 4 is 23.5 Å². The van der Waals surface area contributed by atoms with Gasteiger partial charge >= 0.3 is 6.03 Å². The molecule has 140 valence electrons. The molecule has 26 heavy (non-hydrogen) atoms. The van der Waals surface area contributed by atoms with E-state index in [1.165, 1.54) is 0 Å². The number of aliphatic hydroxyl groups is 1. The Morgan fingerprint density at radius 3 is 2.54 bits per heavy atom. The van der Waals surface area contributed by atoms with Gasteiger partial charge in [-0.05, 0) is 44.1 Å². The second-order valence-electron chi connectivity index (χ2n) is 6.44. The largest absolute Gasteiger partial charge is 0.388 e. The third-order valence-electron chi connectivity index (χ3n) is 4.04. The molecule has 0 saturated carbocycles. The number of anilines is 1. The van der Waals surface area contributed by atoms with Gasteiger partial charge < -0.3 is 20.6 Å². The minimum Gasteiger partial charge on any atom is -0.388 e. The van der Waals surface area contributed by atoms with E-state index in [2.05, 4.69) is 10.6 Å². The number of amides is 2. The van der Waals surface area contributed by atoms with E-state index in [0.29, 0.717) is 13.1 Å². The SMILES string of the molecule is CSc1cccc(NC(=O)NC[C@H](CN(C)C)[C@H](O)c2ccccc2)c1. The fourth-order valence-electron chi connectivity index (χ4n) is 2.77. The first-order valence-electron chi connectivity index (χ1n) is 8.56. The lowest BCUT2D eigenvalue weighted by molar-refractivity contribution is 0.0911. The zero-order valence-corrected chi connectivity index (χ0v) is 16.3. The summed E-state index contributed by atoms with van der Waals surface area (Å²) >= 11 is 1.63. The summed E-state index contributed by atoms with van der Waals surface area (Å²) < 4.78 is 0. The number of benzene rings is 2. The molecule has 2 rings (SSSR count). The Labute approximate surface area is 159 Å². The normalized spacial score (nSPS) is 13.3. The summed E-state index contributed by atoms with van der Waals surface area (Å²) in [7, 11) is 3.91. The Hall–Kier alpha value is -2.02. The van der Waals surface area contributed by atoms with Crippen molar-refractivity contribution in [2.45, 2.75) is 11.0 Å². The van der Waals surface area contributed by atoms with Crippen molar-refractivity contribution in [2.75, 3.05) is 38.8 Å². The topological polar surface area (TPSA) is 64.6 Å². The van der Waals surface area contributed by atoms with Crippen molar-refractivity contribution in [2.24, 2.45) is 5.92 Å². The average molecular weight is 374 g/mol. The smallest absolute Gasteiger partial charge is 0.319 e. The van der Waals surface area contributed by atoms with Gasteiger partial charge in [0.2, 0.25) is 0 Å². The summed E-state index contributed by atoms with van der Waals surface area (Å²) in [6.45, 7) is 1.04. The van der Waals surface area contributed by atoms with E-state index in [-0.39, 0.29) is 11.9 Å². The third-order valence-corrected chi connectivity index (χ3v) is 4.77. The van der Waals surface area contributed by atoms with Crippen LogP contribution < -0.4 is 10.6 Å². The van der Waals surface area contributed by atoms with Gasteiger partial charge in [-0.1, -0.05) is 36.4 Å². The van der Waals surface area contributed by atoms with Crippen molar-refractivity contribution in [3.8, 4) is 0 Å². The molecule has 0 unspecified atom stereocenters. The highest BCUT2D eigenvalue weighted by molar-refractivity contribution is 7.98. The number of nitrogens with zero attached hydrogens (tertiary/aromatic N) is 1. The predicted molar refractivity (Wildman–Crippen MR) is 109 cm³/mol. The Kier molecular flexibility index (Phi) is 7.97. The molecule has 0 saturated heterocycles. The van der Waals surface area contributed by atoms with Gasteiger partial charge in [-0.2, -0.15) is 0 Å². The quantitative estimate of drug-likeness (QED) is 0.620. The second kappa shape index (κ2) is 10.2. The van der Waals surface area contributed by atoms with Gasteiger partial charge in [-0.3, -0.25) is 0 Å². The molecule has 2 aromatic carbocycles. The van der Waals surface area contributed by atoms with Crippen molar-refractivity contribution < 1.29 is 9.90 Å². The van der Waals surface area contributed by atoms with E-state index in [9.17, 15) is 9.90 Å². The number of aliphatic hydroxyl groups excluding tert-OH is 1. The van der Waals surface area contributed by atoms with Crippen LogP contribution in [0, 0.1) is 5.92 Å². The van der Waals surface area contributed by atoms with Gasteiger partial charge in [0.1, 0.15) is 0 Å². The molecule has 2 amide bonds. The molecule has 0 aliphatic carbocycles. The van der Waals surface area contributed by atoms with Gasteiger partial charge in [-0.25, -0.2) is 4.79 Å². The third kappa shape index (κ3) is 6.37. The van der Waals surface area contributed by atoms with Crippen LogP contribution in [0.3, 0.4) is 0 Å². The number of hydrogen-bond donors (Lipinski definition) is 3. The first kappa shape index (κ1) is 20.3. The zero-order valence-electron chi connectivity index (χ0n) is 15.5. The van der Waals surface area contributed by atoms with Gasteiger partial charge in [0.25, 0.3) is 0 Å². The van der Waals surface area contributed by atoms with E-state index in [1.54, 1.807) is 11.8 Å². The molecule has 3 N–H and O–H groups in total. The van der Waals surface area contributed by atoms with Crippen molar-refractivity contribution in [3.05, 3.63) is 60.2 Å². The molecule has 0 heterocycles. The maximum absolute atomic E-state index is 12.2. The molecule has 5 nitrogen and oxygen atoms in total. The summed E-state index contributed by atoms with van der Waals surface area (Å²) in [5, 5.41) is 16.4. The Morgan fingerprint density at radius 1 is 1.15 bits per heavy atom. The number of hydrogen-bond acceptors (Lipinski definition) is 4. The minimum absolute atomic E-state index is 0.115. The van der Waals surface area contributed by atoms with Gasteiger partial charge in [0, 0.05) is 29.6 Å². The Bertz CT molecular complexity index is 694. The Morgan fingerprint density at radius 2 is 1.88 bits per heavy atom. The molecule has 0 fully saturated rings. The van der Waals surface area contributed by atoms with E-state index in [0.717, 1.165) is 16.1 Å². The molecule has 2 atom stereocenters. The summed E-state index contributed by atoms with van der Waals surface area (Å²) in [5.41, 5.74) is 1.61. The van der Waals surface area contributed by atoms with Crippen LogP contribution in [0.4, 0.5) is 10.5 Å². The molecule has 6 heteroatoms. The van der Waals surface area contributed by atoms with Gasteiger partial charge in [0.05, 0.1) is 6.10 Å². The van der Waals surface area contributed by atoms with Crippen LogP contribution in [-0.2, 0) is 0 Å². The van der Waals surface area contributed by atoms with Gasteiger partial charge in [0.15, 0.2) is 0 Å². The number of nitrogens with one attached hydrogen (secondary N) is 2. The van der Waals surface area contributed by atoms with Crippen molar-refractivity contribution in [3.63, 3.8) is 0 Å². The lowest BCUT2D eigenvalue weighted by Gasteiger charge is -2.26. The highest BCUT2D eigenvalue weighted by Gasteiger charge is 2.22. The second-order valence-corrected chi connectivity index (χ2v) is 7.32. The van der Waals surface area contributed by atoms with Crippen molar-refractivity contribution in [1.82, 2.24) is 10.2 Å². The van der Waals surface area contributed by atoms with E-state index >= 15 is 0 Å². The van der Waals surface area contributed by atoms with Crippen LogP contribution in [0.5, 0.6) is 0 Å². The summed E-state index contributed by atoms with van der Waals surface area (Å²) in [6, 6.07) is 17.0. The maximum Gasteiger partial charge on any atom is 0.319 e. The molecular formula is C20H27N3O2S. The van der Waals surface area contributed by atoms with Crippen LogP contribution in [0.1, 0.15) is 11.7 Å². The monoisotopic (exact) mass is 373 g/mol. The molecule has 0 aliphatic heterocycles. The number of rotatable bonds is 8. The van der Waals surface area contributed by atoms with Crippen LogP contribution in [0.25, 0.3) is 0 Å². The van der Waals surface area contributed by atoms with E-state index < -0.39 is 6.10 Å². The van der Waals surface area contributed by atoms with E-state index in [4.69, 9.17) is 0 Å². The fourth-order valence-corrected chi connectivity index (χ4v) is 3.23. The standard InChI is InChI=1S/C20H27N3O2S/c1-23(2)14-16(19(24)15-8-5-4-6-9-15)13-21-20(25)22-17-10-7-11-18(12-17)26-3/h4-12,16,19,24H,13-14H2,1-3H3,(H2,21,22,25)/t16-,19-/m1/s1. The lowest BCUT2D eigenvalue weighted by atomic mass is 9.95. The van der Waals surface area contributed by atoms with Crippen LogP contribution in [0.15, 0.2) is 59.5 Å². The number of thioether (sulfide) groups is 1. The minimum atomic E-state index is -0.640. The zero-order chi connectivity index (χ0) is 18.9. The predicted octanol–water partition coefficient (Wildman–Crippen LogP) is 3.44. The summed E-state index contributed by atoms with van der Waals surface area (Å²) in [6.07, 6.45) is 1.36. The van der Waals surface area contributed by atoms with Crippen molar-refractivity contribution in [1.29, 1.82) is 0 Å². The van der Waals surface area contributed by atoms with E-state index in [1.807, 2.05) is 79.8 Å². The molecule has 0 aliphatic rings. The number of carbonyl (C=O) groups is 1. The number of urea groups is 1. The first-order valence-corrected chi connectivity index (χ1v) is 9.78. The highest BCUT2D eigenvalue weighted by atomic mass is 32.2. The number of carbonyl (C=O) groups excluding carboxylic acids is 1. The van der Waals surface area contributed by atoms with Gasteiger partial charge in [-0.15, -0.1) is 11.8 Å². The average Bonchev–Trinajstić information content (AvgIpc) is 2.65. The molecule has 0 bridgehead atoms. The summed E-state index contributed by atoms with van der Waals surface area (Å²) in [4.78, 5) is 15.3. The first-order chi connectivity index (χ1) is 12.5. The van der Waals surface area contributed by atoms with Crippen LogP contribution in [-0.4, -0.2) is 49.5 Å². The lowest BCUT2D eigenvalue weighted by Crippen LogP contribution is -2.39. The Balaban J connectivity index is 1.96. The fraction of sp³-hybridized carbons (Fsp3) is 0.350. The molecule has 0 aromatic heterocycles. The molecule has 0 radical (unpaired) electrons. The molecule has 2 aromatic rings. The molecular weight excluding hydrogens is 346 g/mol. The highest BCUT2D eigenvalue weighted by Crippen LogP contribution is 2.22. The van der Waals surface area contributed by atoms with Crippen LogP contribution >= 0.6 is 11.8 Å².